The molecular weight excluding hydrogens is 520 g/mol. The molecule has 2 aliphatic heterocycles. The molecule has 1 saturated heterocycles. The highest BCUT2D eigenvalue weighted by Crippen LogP contribution is 2.45. The number of rotatable bonds is 6. The van der Waals surface area contributed by atoms with Crippen molar-refractivity contribution in [3.8, 4) is 0 Å². The molecule has 0 unspecified atom stereocenters. The number of hydrogen-bond acceptors (Lipinski definition) is 4. The average molecular weight is 551 g/mol. The number of aryl methyl sites for hydroxylation is 1. The Bertz CT molecular complexity index is 1710. The van der Waals surface area contributed by atoms with Crippen LogP contribution in [-0.2, 0) is 16.0 Å². The number of carbonyl (C=O) groups is 4. The van der Waals surface area contributed by atoms with Gasteiger partial charge in [0.15, 0.2) is 0 Å². The lowest BCUT2D eigenvalue weighted by molar-refractivity contribution is -0.140. The van der Waals surface area contributed by atoms with Gasteiger partial charge in [0.2, 0.25) is 0 Å². The third kappa shape index (κ3) is 4.25. The summed E-state index contributed by atoms with van der Waals surface area (Å²) in [6, 6.07) is 19.1. The number of nitrogens with one attached hydrogen (secondary N) is 2. The fourth-order valence-electron chi connectivity index (χ4n) is 5.98. The van der Waals surface area contributed by atoms with Crippen molar-refractivity contribution in [3.05, 3.63) is 101 Å². The number of benzene rings is 3. The second-order valence-corrected chi connectivity index (χ2v) is 11.0. The number of nitrogens with zero attached hydrogens (tertiary/aromatic N) is 2. The van der Waals surface area contributed by atoms with Gasteiger partial charge in [0.05, 0.1) is 11.3 Å². The second kappa shape index (κ2) is 9.92. The number of fused-ring (bicyclic) bond motifs is 4. The van der Waals surface area contributed by atoms with Crippen LogP contribution in [-0.4, -0.2) is 50.9 Å². The van der Waals surface area contributed by atoms with Gasteiger partial charge in [-0.15, -0.1) is 0 Å². The van der Waals surface area contributed by atoms with Crippen LogP contribution in [0.1, 0.15) is 52.6 Å². The van der Waals surface area contributed by atoms with Gasteiger partial charge in [-0.2, -0.15) is 0 Å². The number of aromatic nitrogens is 1. The van der Waals surface area contributed by atoms with Gasteiger partial charge < -0.3 is 15.4 Å². The lowest BCUT2D eigenvalue weighted by Gasteiger charge is -2.36. The van der Waals surface area contributed by atoms with Crippen molar-refractivity contribution >= 4 is 40.4 Å². The van der Waals surface area contributed by atoms with E-state index in [4.69, 9.17) is 0 Å². The van der Waals surface area contributed by atoms with Gasteiger partial charge in [0.1, 0.15) is 18.1 Å². The smallest absolute Gasteiger partial charge is 0.332 e. The molecule has 0 radical (unpaired) electrons. The fourth-order valence-corrected chi connectivity index (χ4v) is 5.98. The van der Waals surface area contributed by atoms with Crippen molar-refractivity contribution in [2.45, 2.75) is 45.3 Å². The number of urea groups is 1. The third-order valence-electron chi connectivity index (χ3n) is 8.05. The van der Waals surface area contributed by atoms with Crippen LogP contribution in [0.4, 0.5) is 10.5 Å². The SMILES string of the molecule is Cc1ccc([C@@H]2c3[nH]c4ccccc4c3C[C@H]3C(=O)N(c4ccccc4C(=O)N[C@H](C(=O)O)C(C)C)C(=O)N23)cc1. The number of para-hydroxylation sites is 2. The van der Waals surface area contributed by atoms with Gasteiger partial charge in [-0.3, -0.25) is 14.5 Å². The molecule has 208 valence electrons. The molecule has 41 heavy (non-hydrogen) atoms. The van der Waals surface area contributed by atoms with E-state index in [2.05, 4.69) is 10.3 Å². The molecule has 2 aliphatic rings. The molecule has 4 aromatic rings. The molecule has 0 saturated carbocycles. The van der Waals surface area contributed by atoms with Crippen LogP contribution in [0, 0.1) is 12.8 Å². The molecule has 3 N–H and O–H groups in total. The van der Waals surface area contributed by atoms with Gasteiger partial charge in [-0.05, 0) is 42.2 Å². The van der Waals surface area contributed by atoms with Crippen LogP contribution in [0.5, 0.6) is 0 Å². The molecule has 9 heteroatoms. The van der Waals surface area contributed by atoms with Crippen molar-refractivity contribution in [1.82, 2.24) is 15.2 Å². The standard InChI is InChI=1S/C32H30N4O5/c1-17(2)26(31(39)40)34-29(37)21-9-5-7-11-24(21)36-30(38)25-16-22-20-8-4-6-10-23(20)33-27(22)28(35(25)32(36)41)19-14-12-18(3)13-15-19/h4-15,17,25-26,28,33H,16H2,1-3H3,(H,34,37)(H,39,40)/t25-,26-,28+/m0/s1. The van der Waals surface area contributed by atoms with Crippen molar-refractivity contribution < 1.29 is 24.3 Å². The number of hydrogen-bond donors (Lipinski definition) is 3. The largest absolute Gasteiger partial charge is 0.480 e. The number of anilines is 1. The molecule has 1 fully saturated rings. The normalized spacial score (nSPS) is 18.9. The molecule has 6 rings (SSSR count). The lowest BCUT2D eigenvalue weighted by atomic mass is 9.88. The number of aromatic amines is 1. The third-order valence-corrected chi connectivity index (χ3v) is 8.05. The van der Waals surface area contributed by atoms with E-state index >= 15 is 0 Å². The number of imide groups is 1. The van der Waals surface area contributed by atoms with E-state index in [1.165, 1.54) is 6.07 Å². The molecule has 9 nitrogen and oxygen atoms in total. The first-order valence-corrected chi connectivity index (χ1v) is 13.6. The molecule has 3 aromatic carbocycles. The summed E-state index contributed by atoms with van der Waals surface area (Å²) in [5.41, 5.74) is 4.90. The zero-order valence-corrected chi connectivity index (χ0v) is 22.9. The molecule has 0 aliphatic carbocycles. The minimum Gasteiger partial charge on any atom is -0.480 e. The van der Waals surface area contributed by atoms with E-state index in [0.29, 0.717) is 6.42 Å². The van der Waals surface area contributed by atoms with E-state index in [-0.39, 0.29) is 17.2 Å². The van der Waals surface area contributed by atoms with Crippen molar-refractivity contribution in [3.63, 3.8) is 0 Å². The highest BCUT2D eigenvalue weighted by atomic mass is 16.4. The molecule has 1 aromatic heterocycles. The molecule has 3 atom stereocenters. The van der Waals surface area contributed by atoms with Crippen molar-refractivity contribution in [2.24, 2.45) is 5.92 Å². The topological polar surface area (TPSA) is 123 Å². The maximum absolute atomic E-state index is 14.2. The Kier molecular flexibility index (Phi) is 6.37. The van der Waals surface area contributed by atoms with Crippen molar-refractivity contribution in [2.75, 3.05) is 4.90 Å². The lowest BCUT2D eigenvalue weighted by Crippen LogP contribution is -2.45. The van der Waals surface area contributed by atoms with Crippen LogP contribution >= 0.6 is 0 Å². The van der Waals surface area contributed by atoms with Crippen LogP contribution in [0.3, 0.4) is 0 Å². The van der Waals surface area contributed by atoms with Gasteiger partial charge in [-0.1, -0.05) is 74.0 Å². The summed E-state index contributed by atoms with van der Waals surface area (Å²) < 4.78 is 0. The van der Waals surface area contributed by atoms with Crippen LogP contribution in [0.25, 0.3) is 10.9 Å². The highest BCUT2D eigenvalue weighted by molar-refractivity contribution is 6.24. The summed E-state index contributed by atoms with van der Waals surface area (Å²) in [5, 5.41) is 13.2. The molecule has 4 amide bonds. The van der Waals surface area contributed by atoms with Crippen LogP contribution in [0.2, 0.25) is 0 Å². The van der Waals surface area contributed by atoms with E-state index in [9.17, 15) is 24.3 Å². The Morgan fingerprint density at radius 1 is 0.976 bits per heavy atom. The quantitative estimate of drug-likeness (QED) is 0.298. The summed E-state index contributed by atoms with van der Waals surface area (Å²) in [7, 11) is 0. The fraction of sp³-hybridized carbons (Fsp3) is 0.250. The number of carbonyl (C=O) groups excluding carboxylic acids is 3. The van der Waals surface area contributed by atoms with E-state index in [1.807, 2.05) is 55.5 Å². The predicted molar refractivity (Wildman–Crippen MR) is 154 cm³/mol. The highest BCUT2D eigenvalue weighted by Gasteiger charge is 2.53. The monoisotopic (exact) mass is 550 g/mol. The first-order chi connectivity index (χ1) is 19.7. The Balaban J connectivity index is 1.44. The van der Waals surface area contributed by atoms with Crippen molar-refractivity contribution in [1.29, 1.82) is 0 Å². The van der Waals surface area contributed by atoms with E-state index < -0.39 is 41.9 Å². The zero-order chi connectivity index (χ0) is 29.0. The summed E-state index contributed by atoms with van der Waals surface area (Å²) in [5.74, 6) is -2.63. The first kappa shape index (κ1) is 26.3. The molecule has 0 bridgehead atoms. The first-order valence-electron chi connectivity index (χ1n) is 13.6. The Hall–Kier alpha value is -4.92. The minimum atomic E-state index is -1.16. The van der Waals surface area contributed by atoms with Gasteiger partial charge in [-0.25, -0.2) is 14.5 Å². The Morgan fingerprint density at radius 2 is 1.66 bits per heavy atom. The maximum Gasteiger partial charge on any atom is 0.332 e. The molecular formula is C32H30N4O5. The minimum absolute atomic E-state index is 0.0526. The summed E-state index contributed by atoms with van der Waals surface area (Å²) in [6.45, 7) is 5.38. The number of aliphatic carboxylic acids is 1. The number of H-pyrrole nitrogens is 1. The summed E-state index contributed by atoms with van der Waals surface area (Å²) in [6.07, 6.45) is 0.325. The molecule has 3 heterocycles. The Labute approximate surface area is 236 Å². The van der Waals surface area contributed by atoms with Crippen LogP contribution < -0.4 is 10.2 Å². The molecule has 0 spiro atoms. The van der Waals surface area contributed by atoms with Crippen LogP contribution in [0.15, 0.2) is 72.8 Å². The second-order valence-electron chi connectivity index (χ2n) is 11.0. The summed E-state index contributed by atoms with van der Waals surface area (Å²) in [4.78, 5) is 59.6. The van der Waals surface area contributed by atoms with E-state index in [0.717, 1.165) is 38.2 Å². The number of carboxylic acid groups (broad SMARTS) is 1. The Morgan fingerprint density at radius 3 is 2.37 bits per heavy atom. The average Bonchev–Trinajstić information content (AvgIpc) is 3.45. The van der Waals surface area contributed by atoms with Gasteiger partial charge >= 0.3 is 12.0 Å². The van der Waals surface area contributed by atoms with E-state index in [1.54, 1.807) is 36.9 Å². The summed E-state index contributed by atoms with van der Waals surface area (Å²) >= 11 is 0. The predicted octanol–water partition coefficient (Wildman–Crippen LogP) is 4.80. The van der Waals surface area contributed by atoms with Gasteiger partial charge in [0.25, 0.3) is 11.8 Å². The maximum atomic E-state index is 14.2. The number of carboxylic acids is 1. The number of amides is 4. The zero-order valence-electron chi connectivity index (χ0n) is 22.9. The van der Waals surface area contributed by atoms with Gasteiger partial charge in [0, 0.05) is 23.0 Å².